The second kappa shape index (κ2) is 18.6. The summed E-state index contributed by atoms with van der Waals surface area (Å²) in [4.78, 5) is 11.0. The summed E-state index contributed by atoms with van der Waals surface area (Å²) in [6.07, 6.45) is 19.3. The number of thiol groups is 1. The van der Waals surface area contributed by atoms with E-state index in [-0.39, 0.29) is 17.8 Å². The fourth-order valence-electron chi connectivity index (χ4n) is 3.18. The summed E-state index contributed by atoms with van der Waals surface area (Å²) in [5.41, 5.74) is 0. The fourth-order valence-corrected chi connectivity index (χ4v) is 3.52. The molecule has 0 saturated carbocycles. The smallest absolute Gasteiger partial charge is 0.303 e. The number of rotatable bonds is 18. The van der Waals surface area contributed by atoms with Crippen molar-refractivity contribution in [1.29, 1.82) is 0 Å². The molecule has 0 aromatic rings. The molecule has 0 fully saturated rings. The molecule has 0 rings (SSSR count). The van der Waals surface area contributed by atoms with Crippen LogP contribution in [-0.2, 0) is 9.53 Å². The molecule has 0 aromatic heterocycles. The lowest BCUT2D eigenvalue weighted by atomic mass is 10.0. The summed E-state index contributed by atoms with van der Waals surface area (Å²) in [5.74, 6) is -0.348. The van der Waals surface area contributed by atoms with Crippen LogP contribution in [0.1, 0.15) is 110 Å². The van der Waals surface area contributed by atoms with Gasteiger partial charge in [-0.15, -0.1) is 0 Å². The highest BCUT2D eigenvalue weighted by Gasteiger charge is 2.19. The summed E-state index contributed by atoms with van der Waals surface area (Å²) in [6.45, 7) is 3.49. The van der Waals surface area contributed by atoms with Gasteiger partial charge in [-0.2, -0.15) is 12.6 Å². The lowest BCUT2D eigenvalue weighted by Crippen LogP contribution is -2.30. The highest BCUT2D eigenvalue weighted by atomic mass is 32.1. The molecule has 0 heterocycles. The van der Waals surface area contributed by atoms with Crippen molar-refractivity contribution in [2.24, 2.45) is 0 Å². The molecule has 0 aliphatic heterocycles. The van der Waals surface area contributed by atoms with Crippen molar-refractivity contribution in [2.75, 3.05) is 6.61 Å². The molecular formula is C21H42O3S. The molecule has 2 unspecified atom stereocenters. The van der Waals surface area contributed by atoms with Crippen molar-refractivity contribution < 1.29 is 14.6 Å². The molecule has 0 radical (unpaired) electrons. The molecule has 0 aliphatic rings. The number of esters is 1. The lowest BCUT2D eigenvalue weighted by molar-refractivity contribution is -0.148. The van der Waals surface area contributed by atoms with Gasteiger partial charge in [-0.25, -0.2) is 0 Å². The summed E-state index contributed by atoms with van der Waals surface area (Å²) >= 11 is 4.46. The van der Waals surface area contributed by atoms with Gasteiger partial charge < -0.3 is 9.84 Å². The van der Waals surface area contributed by atoms with Gasteiger partial charge in [0.05, 0.1) is 6.61 Å². The standard InChI is InChI=1S/C21H42O3S/c1-3-4-5-6-7-8-9-10-11-12-13-14-15-16-17-21(25)20(18-22)24-19(2)23/h20-22,25H,3-18H2,1-2H3. The highest BCUT2D eigenvalue weighted by molar-refractivity contribution is 7.81. The van der Waals surface area contributed by atoms with E-state index in [4.69, 9.17) is 4.74 Å². The van der Waals surface area contributed by atoms with E-state index < -0.39 is 6.10 Å². The molecule has 0 aromatic carbocycles. The van der Waals surface area contributed by atoms with Crippen LogP contribution in [0.2, 0.25) is 0 Å². The molecule has 3 nitrogen and oxygen atoms in total. The van der Waals surface area contributed by atoms with Crippen LogP contribution >= 0.6 is 12.6 Å². The van der Waals surface area contributed by atoms with Crippen LogP contribution in [0.25, 0.3) is 0 Å². The predicted octanol–water partition coefficient (Wildman–Crippen LogP) is 6.08. The maximum atomic E-state index is 11.0. The zero-order chi connectivity index (χ0) is 18.8. The van der Waals surface area contributed by atoms with E-state index in [1.165, 1.54) is 90.4 Å². The van der Waals surface area contributed by atoms with E-state index in [0.29, 0.717) is 0 Å². The van der Waals surface area contributed by atoms with Gasteiger partial charge in [0.15, 0.2) is 0 Å². The molecule has 0 amide bonds. The minimum absolute atomic E-state index is 0.0637. The molecule has 0 aliphatic carbocycles. The summed E-state index contributed by atoms with van der Waals surface area (Å²) < 4.78 is 5.07. The first-order valence-electron chi connectivity index (χ1n) is 10.6. The summed E-state index contributed by atoms with van der Waals surface area (Å²) in [6, 6.07) is 0. The third kappa shape index (κ3) is 17.0. The van der Waals surface area contributed by atoms with Crippen LogP contribution in [0, 0.1) is 0 Å². The number of hydrogen-bond donors (Lipinski definition) is 2. The van der Waals surface area contributed by atoms with Gasteiger partial charge in [0.2, 0.25) is 0 Å². The van der Waals surface area contributed by atoms with Gasteiger partial charge in [0, 0.05) is 12.2 Å². The molecule has 150 valence electrons. The molecule has 0 bridgehead atoms. The molecule has 4 heteroatoms. The Morgan fingerprint density at radius 1 is 0.840 bits per heavy atom. The Labute approximate surface area is 161 Å². The van der Waals surface area contributed by atoms with Crippen LogP contribution in [0.5, 0.6) is 0 Å². The molecular weight excluding hydrogens is 332 g/mol. The van der Waals surface area contributed by atoms with Crippen LogP contribution in [0.3, 0.4) is 0 Å². The van der Waals surface area contributed by atoms with E-state index >= 15 is 0 Å². The third-order valence-electron chi connectivity index (χ3n) is 4.78. The van der Waals surface area contributed by atoms with E-state index in [9.17, 15) is 9.90 Å². The van der Waals surface area contributed by atoms with Gasteiger partial charge in [-0.3, -0.25) is 4.79 Å². The first-order valence-corrected chi connectivity index (χ1v) is 11.1. The second-order valence-electron chi connectivity index (χ2n) is 7.28. The number of aliphatic hydroxyl groups is 1. The van der Waals surface area contributed by atoms with Gasteiger partial charge in [-0.1, -0.05) is 96.8 Å². The van der Waals surface area contributed by atoms with Gasteiger partial charge in [0.1, 0.15) is 6.10 Å². The largest absolute Gasteiger partial charge is 0.459 e. The zero-order valence-electron chi connectivity index (χ0n) is 16.7. The average molecular weight is 375 g/mol. The van der Waals surface area contributed by atoms with E-state index in [0.717, 1.165) is 12.8 Å². The third-order valence-corrected chi connectivity index (χ3v) is 5.37. The Balaban J connectivity index is 3.31. The van der Waals surface area contributed by atoms with Crippen molar-refractivity contribution in [3.05, 3.63) is 0 Å². The number of ether oxygens (including phenoxy) is 1. The van der Waals surface area contributed by atoms with Gasteiger partial charge in [0.25, 0.3) is 0 Å². The number of unbranched alkanes of at least 4 members (excludes halogenated alkanes) is 13. The average Bonchev–Trinajstić information content (AvgIpc) is 2.59. The van der Waals surface area contributed by atoms with Crippen molar-refractivity contribution in [3.63, 3.8) is 0 Å². The van der Waals surface area contributed by atoms with Crippen LogP contribution < -0.4 is 0 Å². The topological polar surface area (TPSA) is 46.5 Å². The monoisotopic (exact) mass is 374 g/mol. The molecule has 0 spiro atoms. The SMILES string of the molecule is CCCCCCCCCCCCCCCCC(S)C(CO)OC(C)=O. The first-order chi connectivity index (χ1) is 12.1. The van der Waals surface area contributed by atoms with Gasteiger partial charge in [-0.05, 0) is 6.42 Å². The molecule has 1 N–H and O–H groups in total. The zero-order valence-corrected chi connectivity index (χ0v) is 17.6. The predicted molar refractivity (Wildman–Crippen MR) is 110 cm³/mol. The van der Waals surface area contributed by atoms with Crippen LogP contribution in [-0.4, -0.2) is 29.0 Å². The van der Waals surface area contributed by atoms with E-state index in [2.05, 4.69) is 19.6 Å². The number of carbonyl (C=O) groups is 1. The minimum Gasteiger partial charge on any atom is -0.459 e. The maximum Gasteiger partial charge on any atom is 0.303 e. The molecule has 2 atom stereocenters. The quantitative estimate of drug-likeness (QED) is 0.174. The number of aliphatic hydroxyl groups excluding tert-OH is 1. The van der Waals surface area contributed by atoms with E-state index in [1.807, 2.05) is 0 Å². The van der Waals surface area contributed by atoms with Crippen LogP contribution in [0.4, 0.5) is 0 Å². The Morgan fingerprint density at radius 3 is 1.60 bits per heavy atom. The maximum absolute atomic E-state index is 11.0. The van der Waals surface area contributed by atoms with Crippen molar-refractivity contribution in [2.45, 2.75) is 122 Å². The van der Waals surface area contributed by atoms with Crippen molar-refractivity contribution >= 4 is 18.6 Å². The second-order valence-corrected chi connectivity index (χ2v) is 7.95. The Bertz CT molecular complexity index is 297. The number of carbonyl (C=O) groups excluding carboxylic acids is 1. The highest BCUT2D eigenvalue weighted by Crippen LogP contribution is 2.17. The number of hydrogen-bond acceptors (Lipinski definition) is 4. The normalized spacial score (nSPS) is 13.6. The minimum atomic E-state index is -0.470. The van der Waals surface area contributed by atoms with Crippen LogP contribution in [0.15, 0.2) is 0 Å². The van der Waals surface area contributed by atoms with Crippen molar-refractivity contribution in [1.82, 2.24) is 0 Å². The Morgan fingerprint density at radius 2 is 1.24 bits per heavy atom. The Kier molecular flexibility index (Phi) is 18.4. The van der Waals surface area contributed by atoms with Crippen molar-refractivity contribution in [3.8, 4) is 0 Å². The molecule has 0 saturated heterocycles. The summed E-state index contributed by atoms with van der Waals surface area (Å²) in [5, 5.41) is 9.17. The summed E-state index contributed by atoms with van der Waals surface area (Å²) in [7, 11) is 0. The van der Waals surface area contributed by atoms with Gasteiger partial charge >= 0.3 is 5.97 Å². The fraction of sp³-hybridized carbons (Fsp3) is 0.952. The first kappa shape index (κ1) is 24.8. The molecule has 25 heavy (non-hydrogen) atoms. The lowest BCUT2D eigenvalue weighted by Gasteiger charge is -2.20. The van der Waals surface area contributed by atoms with E-state index in [1.54, 1.807) is 0 Å². The Hall–Kier alpha value is -0.220.